The van der Waals surface area contributed by atoms with E-state index in [1.165, 1.54) is 11.1 Å². The molecule has 0 spiro atoms. The first kappa shape index (κ1) is 34.6. The summed E-state index contributed by atoms with van der Waals surface area (Å²) in [5.41, 5.74) is 2.52. The average molecular weight is 626 g/mol. The van der Waals surface area contributed by atoms with Gasteiger partial charge in [0.2, 0.25) is 5.90 Å². The Morgan fingerprint density at radius 3 is 1.63 bits per heavy atom. The minimum absolute atomic E-state index is 0.0333. The maximum Gasteiger partial charge on any atom is 0.216 e. The molecule has 0 bridgehead atoms. The Labute approximate surface area is 278 Å². The van der Waals surface area contributed by atoms with Gasteiger partial charge in [-0.15, -0.1) is 0 Å². The molecule has 3 nitrogen and oxygen atoms in total. The van der Waals surface area contributed by atoms with Crippen LogP contribution in [0.2, 0.25) is 0 Å². The van der Waals surface area contributed by atoms with E-state index >= 15 is 0 Å². The van der Waals surface area contributed by atoms with Crippen molar-refractivity contribution in [1.82, 2.24) is 0 Å². The molecular weight excluding hydrogens is 581 g/mol. The number of hydrogen-bond donors (Lipinski definition) is 0. The van der Waals surface area contributed by atoms with E-state index in [1.54, 1.807) is 13.8 Å². The predicted molar refractivity (Wildman–Crippen MR) is 195 cm³/mol. The van der Waals surface area contributed by atoms with Gasteiger partial charge in [-0.25, -0.2) is 4.99 Å². The molecule has 0 aliphatic carbocycles. The fourth-order valence-electron chi connectivity index (χ4n) is 5.01. The van der Waals surface area contributed by atoms with Gasteiger partial charge in [0.1, 0.15) is 18.2 Å². The van der Waals surface area contributed by atoms with Crippen LogP contribution in [-0.2, 0) is 20.1 Å². The molecule has 3 aromatic carbocycles. The highest BCUT2D eigenvalue weighted by atomic mass is 31.1. The highest BCUT2D eigenvalue weighted by molar-refractivity contribution is 7.68. The molecule has 3 aromatic rings. The molecule has 0 saturated carbocycles. The van der Waals surface area contributed by atoms with Crippen molar-refractivity contribution in [3.8, 4) is 47.4 Å². The van der Waals surface area contributed by atoms with Gasteiger partial charge in [-0.05, 0) is 71.6 Å². The highest BCUT2D eigenvalue weighted by Crippen LogP contribution is 2.45. The van der Waals surface area contributed by atoms with E-state index < -0.39 is 13.7 Å². The number of benzene rings is 3. The van der Waals surface area contributed by atoms with Gasteiger partial charge in [-0.3, -0.25) is 0 Å². The number of rotatable bonds is 8. The van der Waals surface area contributed by atoms with E-state index in [0.29, 0.717) is 25.3 Å². The summed E-state index contributed by atoms with van der Waals surface area (Å²) in [4.78, 5) is 5.29. The van der Waals surface area contributed by atoms with Gasteiger partial charge in [0, 0.05) is 29.0 Å². The zero-order chi connectivity index (χ0) is 33.2. The van der Waals surface area contributed by atoms with Crippen molar-refractivity contribution >= 4 is 24.7 Å². The summed E-state index contributed by atoms with van der Waals surface area (Å²) in [6.07, 6.45) is 0.767. The van der Waals surface area contributed by atoms with E-state index in [-0.39, 0.29) is 16.9 Å². The summed E-state index contributed by atoms with van der Waals surface area (Å²) in [5, 5.41) is 2.21. The third-order valence-corrected chi connectivity index (χ3v) is 9.83. The first-order chi connectivity index (χ1) is 22.0. The van der Waals surface area contributed by atoms with Crippen LogP contribution in [0.15, 0.2) is 83.9 Å². The van der Waals surface area contributed by atoms with Crippen LogP contribution in [0, 0.1) is 47.4 Å². The minimum Gasteiger partial charge on any atom is -0.475 e. The molecule has 0 N–H and O–H groups in total. The topological polar surface area (TPSA) is 30.8 Å². The van der Waals surface area contributed by atoms with E-state index in [4.69, 9.17) is 14.3 Å². The predicted octanol–water partition coefficient (Wildman–Crippen LogP) is 8.06. The van der Waals surface area contributed by atoms with Crippen molar-refractivity contribution in [2.75, 3.05) is 6.61 Å². The second-order valence-corrected chi connectivity index (χ2v) is 15.2. The summed E-state index contributed by atoms with van der Waals surface area (Å²) in [6, 6.07) is 27.1. The molecule has 0 fully saturated rings. The van der Waals surface area contributed by atoms with Crippen molar-refractivity contribution in [2.24, 2.45) is 4.99 Å². The van der Waals surface area contributed by atoms with Gasteiger partial charge in [0.05, 0.1) is 8.15 Å². The van der Waals surface area contributed by atoms with Crippen molar-refractivity contribution in [3.05, 3.63) is 95.6 Å². The van der Waals surface area contributed by atoms with Crippen molar-refractivity contribution in [3.63, 3.8) is 0 Å². The van der Waals surface area contributed by atoms with Gasteiger partial charge >= 0.3 is 0 Å². The van der Waals surface area contributed by atoms with E-state index in [0.717, 1.165) is 16.2 Å². The maximum atomic E-state index is 7.37. The lowest BCUT2D eigenvalue weighted by Crippen LogP contribution is -2.45. The number of aliphatic imine (C=N–C) groups is 1. The second kappa shape index (κ2) is 15.4. The molecule has 0 radical (unpaired) electrons. The van der Waals surface area contributed by atoms with Crippen molar-refractivity contribution in [1.29, 1.82) is 0 Å². The summed E-state index contributed by atoms with van der Waals surface area (Å²) in [5.74, 6) is 24.8. The van der Waals surface area contributed by atoms with Crippen LogP contribution in [0.1, 0.15) is 84.9 Å². The summed E-state index contributed by atoms with van der Waals surface area (Å²) in [6.45, 7) is 17.4. The van der Waals surface area contributed by atoms with Gasteiger partial charge in [0.15, 0.2) is 0 Å². The summed E-state index contributed by atoms with van der Waals surface area (Å²) < 4.78 is 13.8. The minimum atomic E-state index is -1.25. The molecule has 4 rings (SSSR count). The number of hydrogen-bond acceptors (Lipinski definition) is 3. The molecule has 0 saturated heterocycles. The Kier molecular flexibility index (Phi) is 11.6. The van der Waals surface area contributed by atoms with Gasteiger partial charge < -0.3 is 9.26 Å². The van der Waals surface area contributed by atoms with Crippen molar-refractivity contribution < 1.29 is 9.26 Å². The molecule has 0 amide bonds. The molecular formula is C42H44NO2P. The normalized spacial score (nSPS) is 14.3. The first-order valence-corrected chi connectivity index (χ1v) is 17.0. The lowest BCUT2D eigenvalue weighted by atomic mass is 9.79. The largest absolute Gasteiger partial charge is 0.475 e. The lowest BCUT2D eigenvalue weighted by molar-refractivity contribution is 0.0579. The molecule has 1 atom stereocenters. The third kappa shape index (κ3) is 8.94. The Hall–Kier alpha value is -4.24. The molecule has 1 aliphatic rings. The first-order valence-electron chi connectivity index (χ1n) is 15.7. The van der Waals surface area contributed by atoms with Crippen molar-refractivity contribution in [2.45, 2.75) is 90.7 Å². The van der Waals surface area contributed by atoms with Crippen LogP contribution in [-0.4, -0.2) is 24.1 Å². The maximum absolute atomic E-state index is 7.37. The Balaban J connectivity index is 1.89. The van der Waals surface area contributed by atoms with E-state index in [2.05, 4.69) is 156 Å². The average Bonchev–Trinajstić information content (AvgIpc) is 3.55. The summed E-state index contributed by atoms with van der Waals surface area (Å²) in [7, 11) is -1.25. The van der Waals surface area contributed by atoms with Gasteiger partial charge in [-0.1, -0.05) is 132 Å². The smallest absolute Gasteiger partial charge is 0.216 e. The van der Waals surface area contributed by atoms with Crippen LogP contribution >= 0.6 is 8.15 Å². The van der Waals surface area contributed by atoms with Crippen LogP contribution in [0.5, 0.6) is 0 Å². The highest BCUT2D eigenvalue weighted by Gasteiger charge is 2.45. The Bertz CT molecular complexity index is 1670. The second-order valence-electron chi connectivity index (χ2n) is 13.4. The number of nitrogens with zero attached hydrogens (tertiary/aromatic N) is 1. The monoisotopic (exact) mass is 625 g/mol. The molecule has 46 heavy (non-hydrogen) atoms. The molecule has 0 aromatic heterocycles. The van der Waals surface area contributed by atoms with Crippen LogP contribution in [0.3, 0.4) is 0 Å². The molecule has 1 heterocycles. The van der Waals surface area contributed by atoms with Crippen LogP contribution in [0.25, 0.3) is 0 Å². The Morgan fingerprint density at radius 1 is 0.717 bits per heavy atom. The molecule has 4 heteroatoms. The lowest BCUT2D eigenvalue weighted by Gasteiger charge is -2.37. The molecule has 1 aliphatic heterocycles. The zero-order valence-corrected chi connectivity index (χ0v) is 29.3. The third-order valence-electron chi connectivity index (χ3n) is 7.75. The van der Waals surface area contributed by atoms with E-state index in [9.17, 15) is 0 Å². The van der Waals surface area contributed by atoms with E-state index in [1.807, 2.05) is 12.1 Å². The summed E-state index contributed by atoms with van der Waals surface area (Å²) >= 11 is 0. The van der Waals surface area contributed by atoms with Gasteiger partial charge in [-0.2, -0.15) is 0 Å². The van der Waals surface area contributed by atoms with Crippen LogP contribution in [0.4, 0.5) is 0 Å². The van der Waals surface area contributed by atoms with Crippen LogP contribution < -0.4 is 10.6 Å². The number of ether oxygens (including phenoxy) is 1. The quantitative estimate of drug-likeness (QED) is 0.187. The fourth-order valence-corrected chi connectivity index (χ4v) is 7.02. The standard InChI is InChI=1S/C42H44NO2P/c1-9-11-13-21-27-42(28-22-14-12-10-2,45-46(36-23-17-15-18-24-36)37-25-19-16-20-26-37)38-32-44-39(43-38)33-29-34(40(3,4)5)31-35(30-33)41(6,7)8/h15-20,23-26,29-31,38H,27-28,32H2,1-8H3/t38-/m0/s1. The molecule has 0 unspecified atom stereocenters. The van der Waals surface area contributed by atoms with Gasteiger partial charge in [0.25, 0.3) is 0 Å². The SMILES string of the molecule is CC#CC#CCC(CC#CC#CC)(OP(c1ccccc1)c1ccccc1)[C@@H]1COC(c2cc(C(C)(C)C)cc(C(C)(C)C)c2)=N1. The zero-order valence-electron chi connectivity index (χ0n) is 28.4. The Morgan fingerprint density at radius 2 is 1.20 bits per heavy atom. The fraction of sp³-hybridized carbons (Fsp3) is 0.357. The molecule has 234 valence electrons.